The van der Waals surface area contributed by atoms with Crippen LogP contribution in [0.3, 0.4) is 0 Å². The maximum absolute atomic E-state index is 12.4. The van der Waals surface area contributed by atoms with Gasteiger partial charge < -0.3 is 8.84 Å². The molecule has 29 heavy (non-hydrogen) atoms. The quantitative estimate of drug-likeness (QED) is 0.473. The standard InChI is InChI=1S/C24H26O4Si/c1-17(25)23-18(2)27-22(26)16-21(23)28-29(24(3,4)5,19-12-8-6-9-13-19)20-14-10-7-11-15-20/h6-16H,1-5H3. The molecule has 0 fully saturated rings. The summed E-state index contributed by atoms with van der Waals surface area (Å²) in [6, 6.07) is 21.5. The van der Waals surface area contributed by atoms with Crippen LogP contribution in [0.1, 0.15) is 43.8 Å². The first-order valence-electron chi connectivity index (χ1n) is 9.62. The molecule has 0 N–H and O–H groups in total. The van der Waals surface area contributed by atoms with Gasteiger partial charge in [0.05, 0.1) is 11.6 Å². The fourth-order valence-electron chi connectivity index (χ4n) is 3.90. The Hall–Kier alpha value is -2.92. The molecule has 3 rings (SSSR count). The van der Waals surface area contributed by atoms with Gasteiger partial charge in [0.2, 0.25) is 0 Å². The molecule has 0 aliphatic carbocycles. The predicted octanol–water partition coefficient (Wildman–Crippen LogP) is 4.09. The van der Waals surface area contributed by atoms with Crippen molar-refractivity contribution in [2.24, 2.45) is 0 Å². The van der Waals surface area contributed by atoms with Crippen LogP contribution in [0.25, 0.3) is 0 Å². The zero-order valence-electron chi connectivity index (χ0n) is 17.5. The van der Waals surface area contributed by atoms with E-state index < -0.39 is 13.9 Å². The summed E-state index contributed by atoms with van der Waals surface area (Å²) in [4.78, 5) is 24.5. The van der Waals surface area contributed by atoms with Crippen molar-refractivity contribution in [2.45, 2.75) is 39.7 Å². The van der Waals surface area contributed by atoms with Crippen molar-refractivity contribution in [3.63, 3.8) is 0 Å². The van der Waals surface area contributed by atoms with Crippen LogP contribution in [0.4, 0.5) is 0 Å². The second-order valence-corrected chi connectivity index (χ2v) is 12.4. The van der Waals surface area contributed by atoms with Crippen molar-refractivity contribution < 1.29 is 13.6 Å². The maximum atomic E-state index is 12.4. The molecule has 0 saturated heterocycles. The highest BCUT2D eigenvalue weighted by Gasteiger charge is 2.52. The number of hydrogen-bond acceptors (Lipinski definition) is 4. The van der Waals surface area contributed by atoms with E-state index >= 15 is 0 Å². The van der Waals surface area contributed by atoms with Crippen molar-refractivity contribution in [2.75, 3.05) is 0 Å². The summed E-state index contributed by atoms with van der Waals surface area (Å²) in [7, 11) is -2.95. The number of carbonyl (C=O) groups excluding carboxylic acids is 1. The van der Waals surface area contributed by atoms with Crippen molar-refractivity contribution in [1.29, 1.82) is 0 Å². The van der Waals surface area contributed by atoms with Crippen LogP contribution in [0.5, 0.6) is 5.75 Å². The number of rotatable bonds is 5. The first kappa shape index (κ1) is 20.8. The van der Waals surface area contributed by atoms with E-state index in [0.717, 1.165) is 10.4 Å². The molecule has 3 aromatic rings. The molecule has 2 aromatic carbocycles. The number of benzene rings is 2. The Morgan fingerprint density at radius 3 is 1.83 bits per heavy atom. The average Bonchev–Trinajstić information content (AvgIpc) is 2.65. The number of ketones is 1. The van der Waals surface area contributed by atoms with Crippen molar-refractivity contribution >= 4 is 24.5 Å². The van der Waals surface area contributed by atoms with Gasteiger partial charge in [0.1, 0.15) is 11.5 Å². The smallest absolute Gasteiger partial charge is 0.339 e. The second-order valence-electron chi connectivity index (χ2n) is 8.18. The molecule has 150 valence electrons. The van der Waals surface area contributed by atoms with Crippen LogP contribution >= 0.6 is 0 Å². The monoisotopic (exact) mass is 406 g/mol. The predicted molar refractivity (Wildman–Crippen MR) is 118 cm³/mol. The minimum atomic E-state index is -2.95. The summed E-state index contributed by atoms with van der Waals surface area (Å²) in [5.74, 6) is 0.373. The highest BCUT2D eigenvalue weighted by molar-refractivity contribution is 7.00. The fourth-order valence-corrected chi connectivity index (χ4v) is 8.32. The molecular formula is C24H26O4Si. The second kappa shape index (κ2) is 7.83. The van der Waals surface area contributed by atoms with Gasteiger partial charge in [-0.25, -0.2) is 4.79 Å². The van der Waals surface area contributed by atoms with E-state index in [0.29, 0.717) is 11.3 Å². The largest absolute Gasteiger partial charge is 0.533 e. The fraction of sp³-hybridized carbons (Fsp3) is 0.250. The minimum absolute atomic E-state index is 0.195. The van der Waals surface area contributed by atoms with E-state index in [1.54, 1.807) is 6.92 Å². The normalized spacial score (nSPS) is 11.9. The van der Waals surface area contributed by atoms with Gasteiger partial charge in [0.25, 0.3) is 0 Å². The van der Waals surface area contributed by atoms with E-state index in [2.05, 4.69) is 45.0 Å². The molecule has 0 aliphatic rings. The number of hydrogen-bond donors (Lipinski definition) is 0. The van der Waals surface area contributed by atoms with Crippen molar-refractivity contribution in [3.8, 4) is 5.75 Å². The van der Waals surface area contributed by atoms with Gasteiger partial charge in [-0.1, -0.05) is 81.4 Å². The van der Waals surface area contributed by atoms with E-state index in [9.17, 15) is 9.59 Å². The molecule has 0 aliphatic heterocycles. The molecule has 0 amide bonds. The molecule has 5 heteroatoms. The zero-order valence-corrected chi connectivity index (χ0v) is 18.5. The molecule has 0 bridgehead atoms. The lowest BCUT2D eigenvalue weighted by Gasteiger charge is -2.43. The lowest BCUT2D eigenvalue weighted by molar-refractivity contribution is 0.101. The molecule has 0 spiro atoms. The SMILES string of the molecule is CC(=O)c1c(O[Si](c2ccccc2)(c2ccccc2)C(C)(C)C)cc(=O)oc1C. The lowest BCUT2D eigenvalue weighted by atomic mass is 10.1. The molecule has 0 atom stereocenters. The van der Waals surface area contributed by atoms with Crippen LogP contribution < -0.4 is 20.4 Å². The summed E-state index contributed by atoms with van der Waals surface area (Å²) in [6.45, 7) is 9.51. The third kappa shape index (κ3) is 3.83. The van der Waals surface area contributed by atoms with Crippen LogP contribution in [0.2, 0.25) is 5.04 Å². The summed E-state index contributed by atoms with van der Waals surface area (Å²) in [5, 5.41) is 1.85. The third-order valence-corrected chi connectivity index (χ3v) is 10.1. The Kier molecular flexibility index (Phi) is 5.62. The van der Waals surface area contributed by atoms with Gasteiger partial charge >= 0.3 is 13.9 Å². The van der Waals surface area contributed by atoms with E-state index in [-0.39, 0.29) is 16.6 Å². The van der Waals surface area contributed by atoms with E-state index in [1.165, 1.54) is 13.0 Å². The van der Waals surface area contributed by atoms with E-state index in [4.69, 9.17) is 8.84 Å². The highest BCUT2D eigenvalue weighted by atomic mass is 28.4. The van der Waals surface area contributed by atoms with E-state index in [1.807, 2.05) is 36.4 Å². The number of Topliss-reactive ketones (excluding diaryl/α,β-unsaturated/α-hetero) is 1. The van der Waals surface area contributed by atoms with Gasteiger partial charge in [0.15, 0.2) is 5.78 Å². The number of carbonyl (C=O) groups is 1. The van der Waals surface area contributed by atoms with Crippen LogP contribution in [-0.2, 0) is 0 Å². The molecule has 0 unspecified atom stereocenters. The van der Waals surface area contributed by atoms with Gasteiger partial charge in [-0.05, 0) is 29.3 Å². The topological polar surface area (TPSA) is 56.5 Å². The summed E-state index contributed by atoms with van der Waals surface area (Å²) in [6.07, 6.45) is 0. The van der Waals surface area contributed by atoms with Crippen molar-refractivity contribution in [3.05, 3.63) is 88.5 Å². The highest BCUT2D eigenvalue weighted by Crippen LogP contribution is 2.38. The van der Waals surface area contributed by atoms with Crippen LogP contribution in [0, 0.1) is 6.92 Å². The summed E-state index contributed by atoms with van der Waals surface area (Å²) < 4.78 is 12.0. The van der Waals surface area contributed by atoms with Gasteiger partial charge in [-0.15, -0.1) is 0 Å². The summed E-state index contributed by atoms with van der Waals surface area (Å²) >= 11 is 0. The molecule has 1 heterocycles. The Balaban J connectivity index is 2.37. The Morgan fingerprint density at radius 2 is 1.41 bits per heavy atom. The molecule has 0 radical (unpaired) electrons. The lowest BCUT2D eigenvalue weighted by Crippen LogP contribution is -2.69. The Bertz CT molecular complexity index is 1020. The van der Waals surface area contributed by atoms with Crippen LogP contribution in [-0.4, -0.2) is 14.1 Å². The molecule has 1 aromatic heterocycles. The maximum Gasteiger partial charge on any atom is 0.339 e. The first-order valence-corrected chi connectivity index (χ1v) is 11.5. The minimum Gasteiger partial charge on any atom is -0.533 e. The Labute approximate surface area is 172 Å². The third-order valence-electron chi connectivity index (χ3n) is 5.13. The molecular weight excluding hydrogens is 380 g/mol. The van der Waals surface area contributed by atoms with Gasteiger partial charge in [0, 0.05) is 0 Å². The zero-order chi connectivity index (χ0) is 21.2. The van der Waals surface area contributed by atoms with Gasteiger partial charge in [-0.3, -0.25) is 4.79 Å². The van der Waals surface area contributed by atoms with Crippen LogP contribution in [0.15, 0.2) is 75.9 Å². The average molecular weight is 407 g/mol. The molecule has 4 nitrogen and oxygen atoms in total. The van der Waals surface area contributed by atoms with Crippen molar-refractivity contribution in [1.82, 2.24) is 0 Å². The molecule has 0 saturated carbocycles. The van der Waals surface area contributed by atoms with Gasteiger partial charge in [-0.2, -0.15) is 0 Å². The summed E-state index contributed by atoms with van der Waals surface area (Å²) in [5.41, 5.74) is -0.210. The number of aryl methyl sites for hydroxylation is 1. The Morgan fingerprint density at radius 1 is 0.931 bits per heavy atom. The first-order chi connectivity index (χ1) is 13.7.